The molecule has 6 heteroatoms. The van der Waals surface area contributed by atoms with Crippen molar-refractivity contribution in [1.82, 2.24) is 19.8 Å². The summed E-state index contributed by atoms with van der Waals surface area (Å²) in [5.41, 5.74) is 0.627. The third-order valence-corrected chi connectivity index (χ3v) is 2.75. The number of aromatic nitrogens is 4. The Morgan fingerprint density at radius 3 is 2.88 bits per heavy atom. The van der Waals surface area contributed by atoms with E-state index in [9.17, 15) is 4.79 Å². The number of hydrogen-bond donors (Lipinski definition) is 1. The Labute approximate surface area is 91.9 Å². The van der Waals surface area contributed by atoms with Crippen LogP contribution in [0.1, 0.15) is 25.6 Å². The normalized spacial score (nSPS) is 14.9. The summed E-state index contributed by atoms with van der Waals surface area (Å²) in [6, 6.07) is 3.54. The average molecular weight is 220 g/mol. The van der Waals surface area contributed by atoms with Gasteiger partial charge in [-0.15, -0.1) is 10.2 Å². The molecular weight excluding hydrogens is 208 g/mol. The van der Waals surface area contributed by atoms with E-state index in [1.165, 1.54) is 0 Å². The van der Waals surface area contributed by atoms with E-state index < -0.39 is 11.9 Å². The summed E-state index contributed by atoms with van der Waals surface area (Å²) in [6.45, 7) is 3.46. The van der Waals surface area contributed by atoms with Gasteiger partial charge in [0.15, 0.2) is 11.5 Å². The minimum absolute atomic E-state index is 0.234. The lowest BCUT2D eigenvalue weighted by Gasteiger charge is -2.13. The van der Waals surface area contributed by atoms with E-state index in [1.54, 1.807) is 29.8 Å². The average Bonchev–Trinajstić information content (AvgIpc) is 2.70. The third-order valence-electron chi connectivity index (χ3n) is 2.75. The predicted octanol–water partition coefficient (Wildman–Crippen LogP) is 0.948. The van der Waals surface area contributed by atoms with Crippen molar-refractivity contribution >= 4 is 11.6 Å². The Morgan fingerprint density at radius 2 is 2.19 bits per heavy atom. The van der Waals surface area contributed by atoms with Crippen LogP contribution in [0.2, 0.25) is 0 Å². The van der Waals surface area contributed by atoms with Crippen LogP contribution in [0.4, 0.5) is 0 Å². The molecule has 1 N–H and O–H groups in total. The minimum atomic E-state index is -0.847. The van der Waals surface area contributed by atoms with Crippen LogP contribution in [0.3, 0.4) is 0 Å². The number of fused-ring (bicyclic) bond motifs is 1. The molecule has 16 heavy (non-hydrogen) atoms. The van der Waals surface area contributed by atoms with Crippen LogP contribution in [0.25, 0.3) is 5.65 Å². The van der Waals surface area contributed by atoms with Crippen LogP contribution in [-0.2, 0) is 4.79 Å². The SMILES string of the molecule is CC(C(=O)O)C(C)c1nnc2cccnn12. The number of carboxylic acid groups (broad SMARTS) is 1. The lowest BCUT2D eigenvalue weighted by atomic mass is 9.96. The van der Waals surface area contributed by atoms with Crippen LogP contribution in [0, 0.1) is 5.92 Å². The van der Waals surface area contributed by atoms with Gasteiger partial charge in [-0.05, 0) is 12.1 Å². The van der Waals surface area contributed by atoms with Crippen molar-refractivity contribution in [2.24, 2.45) is 5.92 Å². The van der Waals surface area contributed by atoms with Gasteiger partial charge in [0.25, 0.3) is 0 Å². The quantitative estimate of drug-likeness (QED) is 0.832. The largest absolute Gasteiger partial charge is 0.481 e. The molecule has 2 heterocycles. The highest BCUT2D eigenvalue weighted by Crippen LogP contribution is 2.22. The standard InChI is InChI=1S/C10H12N4O2/c1-6(7(2)10(15)16)9-13-12-8-4-3-5-11-14(8)9/h3-7H,1-2H3,(H,15,16). The molecule has 0 aliphatic rings. The second kappa shape index (κ2) is 3.88. The van der Waals surface area contributed by atoms with Crippen molar-refractivity contribution < 1.29 is 9.90 Å². The molecule has 0 saturated carbocycles. The highest BCUT2D eigenvalue weighted by Gasteiger charge is 2.25. The van der Waals surface area contributed by atoms with Gasteiger partial charge >= 0.3 is 5.97 Å². The maximum atomic E-state index is 10.9. The third kappa shape index (κ3) is 1.62. The molecule has 0 aromatic carbocycles. The molecule has 84 valence electrons. The van der Waals surface area contributed by atoms with Crippen LogP contribution in [-0.4, -0.2) is 30.9 Å². The molecular formula is C10H12N4O2. The fourth-order valence-electron chi connectivity index (χ4n) is 1.48. The maximum Gasteiger partial charge on any atom is 0.306 e. The second-order valence-corrected chi connectivity index (χ2v) is 3.77. The first kappa shape index (κ1) is 10.5. The summed E-state index contributed by atoms with van der Waals surface area (Å²) in [7, 11) is 0. The zero-order valence-corrected chi connectivity index (χ0v) is 9.03. The fraction of sp³-hybridized carbons (Fsp3) is 0.400. The van der Waals surface area contributed by atoms with Crippen molar-refractivity contribution in [3.05, 3.63) is 24.2 Å². The number of nitrogens with zero attached hydrogens (tertiary/aromatic N) is 4. The van der Waals surface area contributed by atoms with Crippen molar-refractivity contribution in [2.45, 2.75) is 19.8 Å². The van der Waals surface area contributed by atoms with E-state index in [2.05, 4.69) is 15.3 Å². The number of carboxylic acids is 1. The second-order valence-electron chi connectivity index (χ2n) is 3.77. The van der Waals surface area contributed by atoms with Crippen LogP contribution in [0.5, 0.6) is 0 Å². The van der Waals surface area contributed by atoms with Gasteiger partial charge in [-0.25, -0.2) is 0 Å². The summed E-state index contributed by atoms with van der Waals surface area (Å²) < 4.78 is 1.57. The molecule has 0 bridgehead atoms. The molecule has 2 atom stereocenters. The Bertz CT molecular complexity index is 522. The zero-order chi connectivity index (χ0) is 11.7. The van der Waals surface area contributed by atoms with E-state index in [-0.39, 0.29) is 5.92 Å². The van der Waals surface area contributed by atoms with Gasteiger partial charge in [-0.3, -0.25) is 4.79 Å². The first-order valence-electron chi connectivity index (χ1n) is 5.00. The number of rotatable bonds is 3. The molecule has 2 unspecified atom stereocenters. The molecule has 2 aromatic rings. The fourth-order valence-corrected chi connectivity index (χ4v) is 1.48. The molecule has 0 fully saturated rings. The Balaban J connectivity index is 2.44. The van der Waals surface area contributed by atoms with Crippen molar-refractivity contribution in [3.63, 3.8) is 0 Å². The molecule has 2 aromatic heterocycles. The smallest absolute Gasteiger partial charge is 0.306 e. The molecule has 0 amide bonds. The van der Waals surface area contributed by atoms with Gasteiger partial charge in [-0.2, -0.15) is 9.61 Å². The summed E-state index contributed by atoms with van der Waals surface area (Å²) >= 11 is 0. The Hall–Kier alpha value is -1.98. The zero-order valence-electron chi connectivity index (χ0n) is 9.03. The summed E-state index contributed by atoms with van der Waals surface area (Å²) in [5, 5.41) is 21.0. The molecule has 6 nitrogen and oxygen atoms in total. The first-order valence-corrected chi connectivity index (χ1v) is 5.00. The molecule has 2 rings (SSSR count). The van der Waals surface area contributed by atoms with Gasteiger partial charge in [0.05, 0.1) is 5.92 Å². The van der Waals surface area contributed by atoms with E-state index in [4.69, 9.17) is 5.11 Å². The van der Waals surface area contributed by atoms with Crippen LogP contribution >= 0.6 is 0 Å². The topological polar surface area (TPSA) is 80.4 Å². The summed E-state index contributed by atoms with van der Waals surface area (Å²) in [6.07, 6.45) is 1.62. The predicted molar refractivity (Wildman–Crippen MR) is 56.0 cm³/mol. The molecule has 0 spiro atoms. The Morgan fingerprint density at radius 1 is 1.44 bits per heavy atom. The molecule has 0 radical (unpaired) electrons. The molecule has 0 aliphatic heterocycles. The van der Waals surface area contributed by atoms with Crippen molar-refractivity contribution in [2.75, 3.05) is 0 Å². The van der Waals surface area contributed by atoms with Gasteiger partial charge in [-0.1, -0.05) is 13.8 Å². The highest BCUT2D eigenvalue weighted by atomic mass is 16.4. The lowest BCUT2D eigenvalue weighted by Crippen LogP contribution is -2.19. The van der Waals surface area contributed by atoms with Gasteiger partial charge in [0, 0.05) is 12.1 Å². The van der Waals surface area contributed by atoms with Crippen molar-refractivity contribution in [1.29, 1.82) is 0 Å². The number of hydrogen-bond acceptors (Lipinski definition) is 4. The van der Waals surface area contributed by atoms with Crippen LogP contribution in [0.15, 0.2) is 18.3 Å². The maximum absolute atomic E-state index is 10.9. The lowest BCUT2D eigenvalue weighted by molar-refractivity contribution is -0.141. The first-order chi connectivity index (χ1) is 7.61. The Kier molecular flexibility index (Phi) is 2.55. The van der Waals surface area contributed by atoms with Gasteiger partial charge < -0.3 is 5.11 Å². The number of aliphatic carboxylic acids is 1. The molecule has 0 aliphatic carbocycles. The van der Waals surface area contributed by atoms with E-state index in [1.807, 2.05) is 6.92 Å². The summed E-state index contributed by atoms with van der Waals surface area (Å²) in [4.78, 5) is 10.9. The van der Waals surface area contributed by atoms with E-state index in [0.29, 0.717) is 11.5 Å². The number of carbonyl (C=O) groups is 1. The molecule has 0 saturated heterocycles. The highest BCUT2D eigenvalue weighted by molar-refractivity contribution is 5.70. The van der Waals surface area contributed by atoms with E-state index >= 15 is 0 Å². The van der Waals surface area contributed by atoms with Gasteiger partial charge in [0.1, 0.15) is 0 Å². The van der Waals surface area contributed by atoms with E-state index in [0.717, 1.165) is 0 Å². The van der Waals surface area contributed by atoms with Crippen molar-refractivity contribution in [3.8, 4) is 0 Å². The summed E-state index contributed by atoms with van der Waals surface area (Å²) in [5.74, 6) is -1.03. The van der Waals surface area contributed by atoms with Gasteiger partial charge in [0.2, 0.25) is 0 Å². The minimum Gasteiger partial charge on any atom is -0.481 e. The monoisotopic (exact) mass is 220 g/mol. The van der Waals surface area contributed by atoms with Crippen LogP contribution < -0.4 is 0 Å².